The van der Waals surface area contributed by atoms with Gasteiger partial charge in [-0.1, -0.05) is 0 Å². The van der Waals surface area contributed by atoms with Gasteiger partial charge in [0.05, 0.1) is 29.9 Å². The van der Waals surface area contributed by atoms with Gasteiger partial charge in [0.15, 0.2) is 0 Å². The molecule has 0 radical (unpaired) electrons. The van der Waals surface area contributed by atoms with Crippen molar-refractivity contribution in [2.45, 2.75) is 31.3 Å². The summed E-state index contributed by atoms with van der Waals surface area (Å²) in [5, 5.41) is 7.68. The van der Waals surface area contributed by atoms with E-state index in [1.807, 2.05) is 22.0 Å². The second-order valence-electron chi connectivity index (χ2n) is 5.68. The average molecular weight is 394 g/mol. The number of amides is 1. The van der Waals surface area contributed by atoms with Crippen LogP contribution < -0.4 is 5.32 Å². The van der Waals surface area contributed by atoms with Gasteiger partial charge < -0.3 is 15.0 Å². The summed E-state index contributed by atoms with van der Waals surface area (Å²) in [7, 11) is 0. The first-order valence-electron chi connectivity index (χ1n) is 7.51. The molecule has 1 unspecified atom stereocenters. The lowest BCUT2D eigenvalue weighted by molar-refractivity contribution is -0.133. The highest BCUT2D eigenvalue weighted by Crippen LogP contribution is 2.23. The summed E-state index contributed by atoms with van der Waals surface area (Å²) in [6.07, 6.45) is 6.29. The summed E-state index contributed by atoms with van der Waals surface area (Å²) in [6.45, 7) is 3.86. The first-order chi connectivity index (χ1) is 10.2. The highest BCUT2D eigenvalue weighted by atomic mass is 79.9. The molecule has 2 aliphatic heterocycles. The molecule has 1 aromatic rings. The Morgan fingerprint density at radius 3 is 2.82 bits per heavy atom. The van der Waals surface area contributed by atoms with Gasteiger partial charge in [-0.2, -0.15) is 5.10 Å². The zero-order chi connectivity index (χ0) is 14.7. The van der Waals surface area contributed by atoms with Gasteiger partial charge in [0.25, 0.3) is 0 Å². The van der Waals surface area contributed by atoms with Gasteiger partial charge in [0.2, 0.25) is 5.91 Å². The molecule has 0 bridgehead atoms. The Morgan fingerprint density at radius 2 is 2.23 bits per heavy atom. The van der Waals surface area contributed by atoms with E-state index in [2.05, 4.69) is 26.3 Å². The van der Waals surface area contributed by atoms with Crippen molar-refractivity contribution in [2.24, 2.45) is 0 Å². The molecule has 0 aliphatic carbocycles. The molecular formula is C14H22BrClN4O2. The third-order valence-electron chi connectivity index (χ3n) is 4.18. The Morgan fingerprint density at radius 1 is 1.45 bits per heavy atom. The number of rotatable bonds is 3. The van der Waals surface area contributed by atoms with Crippen LogP contribution in [0.1, 0.15) is 25.3 Å². The molecule has 124 valence electrons. The van der Waals surface area contributed by atoms with E-state index in [-0.39, 0.29) is 24.4 Å². The van der Waals surface area contributed by atoms with Crippen LogP contribution in [-0.4, -0.2) is 59.5 Å². The number of halogens is 2. The Labute approximate surface area is 145 Å². The SMILES string of the molecule is Cl.O=C(CC1COCCN1)N1CCC(n2cc(Br)cn2)CC1. The second-order valence-corrected chi connectivity index (χ2v) is 6.60. The normalized spacial score (nSPS) is 23.1. The van der Waals surface area contributed by atoms with Crippen LogP contribution in [0.5, 0.6) is 0 Å². The molecule has 0 spiro atoms. The first kappa shape index (κ1) is 17.7. The zero-order valence-electron chi connectivity index (χ0n) is 12.4. The van der Waals surface area contributed by atoms with E-state index in [0.29, 0.717) is 19.1 Å². The van der Waals surface area contributed by atoms with Gasteiger partial charge in [-0.05, 0) is 28.8 Å². The minimum atomic E-state index is 0. The lowest BCUT2D eigenvalue weighted by Crippen LogP contribution is -2.46. The van der Waals surface area contributed by atoms with Crippen molar-refractivity contribution in [1.82, 2.24) is 20.0 Å². The fraction of sp³-hybridized carbons (Fsp3) is 0.714. The van der Waals surface area contributed by atoms with E-state index in [9.17, 15) is 4.79 Å². The first-order valence-corrected chi connectivity index (χ1v) is 8.30. The molecule has 22 heavy (non-hydrogen) atoms. The fourth-order valence-electron chi connectivity index (χ4n) is 2.99. The summed E-state index contributed by atoms with van der Waals surface area (Å²) in [4.78, 5) is 14.3. The van der Waals surface area contributed by atoms with E-state index >= 15 is 0 Å². The Kier molecular flexibility index (Phi) is 6.67. The van der Waals surface area contributed by atoms with Gasteiger partial charge >= 0.3 is 0 Å². The van der Waals surface area contributed by atoms with Crippen molar-refractivity contribution >= 4 is 34.2 Å². The molecule has 6 nitrogen and oxygen atoms in total. The molecule has 0 saturated carbocycles. The maximum absolute atomic E-state index is 12.3. The molecule has 1 amide bonds. The molecule has 8 heteroatoms. The number of hydrogen-bond donors (Lipinski definition) is 1. The van der Waals surface area contributed by atoms with E-state index in [1.165, 1.54) is 0 Å². The largest absolute Gasteiger partial charge is 0.378 e. The summed E-state index contributed by atoms with van der Waals surface area (Å²) in [5.74, 6) is 0.234. The lowest BCUT2D eigenvalue weighted by Gasteiger charge is -2.33. The van der Waals surface area contributed by atoms with E-state index in [1.54, 1.807) is 0 Å². The van der Waals surface area contributed by atoms with Crippen LogP contribution >= 0.6 is 28.3 Å². The van der Waals surface area contributed by atoms with Crippen molar-refractivity contribution < 1.29 is 9.53 Å². The van der Waals surface area contributed by atoms with Crippen LogP contribution in [0.4, 0.5) is 0 Å². The van der Waals surface area contributed by atoms with E-state index in [4.69, 9.17) is 4.74 Å². The monoisotopic (exact) mass is 392 g/mol. The molecule has 2 aliphatic rings. The van der Waals surface area contributed by atoms with Crippen molar-refractivity contribution in [2.75, 3.05) is 32.8 Å². The van der Waals surface area contributed by atoms with Crippen molar-refractivity contribution in [1.29, 1.82) is 0 Å². The van der Waals surface area contributed by atoms with Crippen LogP contribution in [0.25, 0.3) is 0 Å². The number of carbonyl (C=O) groups excluding carboxylic acids is 1. The van der Waals surface area contributed by atoms with Gasteiger partial charge in [-0.25, -0.2) is 0 Å². The molecule has 1 N–H and O–H groups in total. The topological polar surface area (TPSA) is 59.4 Å². The van der Waals surface area contributed by atoms with Crippen molar-refractivity contribution in [3.05, 3.63) is 16.9 Å². The molecule has 3 heterocycles. The molecular weight excluding hydrogens is 372 g/mol. The molecule has 1 atom stereocenters. The Bertz CT molecular complexity index is 485. The van der Waals surface area contributed by atoms with Crippen LogP contribution in [0.3, 0.4) is 0 Å². The molecule has 2 fully saturated rings. The number of aromatic nitrogens is 2. The Hall–Kier alpha value is -0.630. The third-order valence-corrected chi connectivity index (χ3v) is 4.59. The number of piperidine rings is 1. The quantitative estimate of drug-likeness (QED) is 0.847. The van der Waals surface area contributed by atoms with Gasteiger partial charge in [-0.15, -0.1) is 12.4 Å². The minimum Gasteiger partial charge on any atom is -0.378 e. The number of nitrogens with zero attached hydrogens (tertiary/aromatic N) is 3. The van der Waals surface area contributed by atoms with E-state index in [0.717, 1.165) is 43.6 Å². The number of carbonyl (C=O) groups is 1. The number of nitrogens with one attached hydrogen (secondary N) is 1. The average Bonchev–Trinajstić information content (AvgIpc) is 2.95. The predicted octanol–water partition coefficient (Wildman–Crippen LogP) is 1.61. The minimum absolute atomic E-state index is 0. The molecule has 3 rings (SSSR count). The highest BCUT2D eigenvalue weighted by molar-refractivity contribution is 9.10. The molecule has 0 aromatic carbocycles. The fourth-order valence-corrected chi connectivity index (χ4v) is 3.29. The van der Waals surface area contributed by atoms with Crippen LogP contribution in [0.2, 0.25) is 0 Å². The summed E-state index contributed by atoms with van der Waals surface area (Å²) >= 11 is 3.42. The van der Waals surface area contributed by atoms with Crippen molar-refractivity contribution in [3.63, 3.8) is 0 Å². The zero-order valence-corrected chi connectivity index (χ0v) is 14.8. The smallest absolute Gasteiger partial charge is 0.224 e. The summed E-state index contributed by atoms with van der Waals surface area (Å²) < 4.78 is 8.40. The predicted molar refractivity (Wildman–Crippen MR) is 89.3 cm³/mol. The molecule has 1 aromatic heterocycles. The Balaban J connectivity index is 0.00000176. The van der Waals surface area contributed by atoms with Gasteiger partial charge in [0, 0.05) is 38.3 Å². The van der Waals surface area contributed by atoms with E-state index < -0.39 is 0 Å². The van der Waals surface area contributed by atoms with Gasteiger partial charge in [0.1, 0.15) is 0 Å². The number of morpholine rings is 1. The summed E-state index contributed by atoms with van der Waals surface area (Å²) in [5.41, 5.74) is 0. The lowest BCUT2D eigenvalue weighted by atomic mass is 10.0. The van der Waals surface area contributed by atoms with Crippen LogP contribution in [0, 0.1) is 0 Å². The third kappa shape index (κ3) is 4.44. The van der Waals surface area contributed by atoms with Crippen LogP contribution in [-0.2, 0) is 9.53 Å². The van der Waals surface area contributed by atoms with Gasteiger partial charge in [-0.3, -0.25) is 9.48 Å². The maximum Gasteiger partial charge on any atom is 0.224 e. The number of hydrogen-bond acceptors (Lipinski definition) is 4. The number of ether oxygens (including phenoxy) is 1. The highest BCUT2D eigenvalue weighted by Gasteiger charge is 2.26. The number of likely N-dealkylation sites (tertiary alicyclic amines) is 1. The second kappa shape index (κ2) is 8.29. The molecule has 2 saturated heterocycles. The maximum atomic E-state index is 12.3. The standard InChI is InChI=1S/C14H21BrN4O2.ClH/c15-11-8-17-19(9-11)13-1-4-18(5-2-13)14(20)7-12-10-21-6-3-16-12;/h8-9,12-13,16H,1-7,10H2;1H. The van der Waals surface area contributed by atoms with Crippen molar-refractivity contribution in [3.8, 4) is 0 Å². The van der Waals surface area contributed by atoms with Crippen LogP contribution in [0.15, 0.2) is 16.9 Å². The summed E-state index contributed by atoms with van der Waals surface area (Å²) in [6, 6.07) is 0.572.